The Morgan fingerprint density at radius 2 is 0.202 bits per heavy atom. The number of aryl methyl sites for hydroxylation is 14. The average Bonchev–Trinajstić information content (AvgIpc) is 0.845. The van der Waals surface area contributed by atoms with Gasteiger partial charge in [-0.25, -0.2) is 30.7 Å². The lowest BCUT2D eigenvalue weighted by atomic mass is 9.94. The lowest BCUT2D eigenvalue weighted by Gasteiger charge is -2.12. The van der Waals surface area contributed by atoms with E-state index in [0.29, 0.717) is 38.9 Å². The van der Waals surface area contributed by atoms with Crippen molar-refractivity contribution in [1.82, 2.24) is 0 Å². The minimum atomic E-state index is -0.139. The standard InChI is InChI=1S/7C16H17F/c7*1-10-6-8-15(13(4)12(10)3)14-7-5-11(2)16(17)9-14/h7*5-9H,1-4H3. The third kappa shape index (κ3) is 22.7. The number of benzene rings is 14. The Kier molecular flexibility index (Phi) is 31.9. The van der Waals surface area contributed by atoms with Crippen molar-refractivity contribution in [3.05, 3.63) is 409 Å². The molecule has 119 heavy (non-hydrogen) atoms. The summed E-state index contributed by atoms with van der Waals surface area (Å²) in [5.41, 5.74) is 45.8. The molecular weight excluding hydrogens is 1480 g/mol. The second kappa shape index (κ2) is 40.8. The van der Waals surface area contributed by atoms with Gasteiger partial charge in [0.2, 0.25) is 0 Å². The van der Waals surface area contributed by atoms with E-state index < -0.39 is 0 Å². The maximum Gasteiger partial charge on any atom is 0.126 e. The summed E-state index contributed by atoms with van der Waals surface area (Å²) in [6.45, 7) is 56.6. The van der Waals surface area contributed by atoms with E-state index in [2.05, 4.69) is 230 Å². The molecule has 0 radical (unpaired) electrons. The van der Waals surface area contributed by atoms with Crippen LogP contribution in [0.4, 0.5) is 30.7 Å². The molecule has 0 N–H and O–H groups in total. The number of hydrogen-bond acceptors (Lipinski definition) is 0. The van der Waals surface area contributed by atoms with Crippen molar-refractivity contribution >= 4 is 0 Å². The molecule has 0 nitrogen and oxygen atoms in total. The molecule has 0 amide bonds. The fourth-order valence-corrected chi connectivity index (χ4v) is 14.2. The van der Waals surface area contributed by atoms with E-state index in [9.17, 15) is 30.7 Å². The molecule has 0 bridgehead atoms. The first-order chi connectivity index (χ1) is 56.0. The SMILES string of the molecule is Cc1ccc(-c2ccc(C)c(C)c2C)cc1F.Cc1ccc(-c2ccc(C)c(C)c2C)cc1F.Cc1ccc(-c2ccc(C)c(C)c2C)cc1F.Cc1ccc(-c2ccc(C)c(C)c2C)cc1F.Cc1ccc(-c2ccc(C)c(C)c2C)cc1F.Cc1ccc(-c2ccc(C)c(C)c2C)cc1F.Cc1ccc(-c2ccc(C)c(C)c2C)cc1F. The predicted molar refractivity (Wildman–Crippen MR) is 495 cm³/mol. The molecule has 14 rings (SSSR count). The summed E-state index contributed by atoms with van der Waals surface area (Å²) in [5, 5.41) is 0. The summed E-state index contributed by atoms with van der Waals surface area (Å²) in [5.74, 6) is -0.971. The van der Waals surface area contributed by atoms with Crippen molar-refractivity contribution in [2.45, 2.75) is 194 Å². The summed E-state index contributed by atoms with van der Waals surface area (Å²) >= 11 is 0. The van der Waals surface area contributed by atoms with Gasteiger partial charge in [0, 0.05) is 0 Å². The highest BCUT2D eigenvalue weighted by Gasteiger charge is 2.16. The van der Waals surface area contributed by atoms with Crippen LogP contribution in [0.25, 0.3) is 77.9 Å². The van der Waals surface area contributed by atoms with E-state index in [4.69, 9.17) is 0 Å². The quantitative estimate of drug-likeness (QED) is 0.140. The lowest BCUT2D eigenvalue weighted by Crippen LogP contribution is -1.92. The third-order valence-corrected chi connectivity index (χ3v) is 24.8. The Balaban J connectivity index is 0.000000173. The van der Waals surface area contributed by atoms with Gasteiger partial charge >= 0.3 is 0 Å². The molecule has 0 heterocycles. The zero-order chi connectivity index (χ0) is 88.0. The number of halogens is 7. The van der Waals surface area contributed by atoms with Crippen LogP contribution in [0.5, 0.6) is 0 Å². The predicted octanol–water partition coefficient (Wildman–Crippen LogP) is 33.1. The maximum atomic E-state index is 13.6. The van der Waals surface area contributed by atoms with Crippen LogP contribution < -0.4 is 0 Å². The summed E-state index contributed by atoms with van der Waals surface area (Å²) in [4.78, 5) is 0. The van der Waals surface area contributed by atoms with E-state index in [1.807, 2.05) is 84.9 Å². The zero-order valence-electron chi connectivity index (χ0n) is 75.4. The molecular formula is C112H119F7. The molecule has 14 aromatic carbocycles. The number of hydrogen-bond donors (Lipinski definition) is 0. The van der Waals surface area contributed by atoms with Crippen molar-refractivity contribution < 1.29 is 30.7 Å². The minimum absolute atomic E-state index is 0.139. The van der Waals surface area contributed by atoms with Crippen molar-refractivity contribution in [1.29, 1.82) is 0 Å². The van der Waals surface area contributed by atoms with Gasteiger partial charge in [0.05, 0.1) is 0 Å². The molecule has 0 spiro atoms. The molecule has 7 heteroatoms. The van der Waals surface area contributed by atoms with Crippen LogP contribution in [0.15, 0.2) is 212 Å². The van der Waals surface area contributed by atoms with Gasteiger partial charge in [0.25, 0.3) is 0 Å². The molecule has 0 aliphatic rings. The van der Waals surface area contributed by atoms with E-state index in [-0.39, 0.29) is 40.7 Å². The largest absolute Gasteiger partial charge is 0.207 e. The first-order valence-corrected chi connectivity index (χ1v) is 40.9. The van der Waals surface area contributed by atoms with Crippen LogP contribution in [0.2, 0.25) is 0 Å². The Morgan fingerprint density at radius 3 is 0.294 bits per heavy atom. The molecule has 0 fully saturated rings. The van der Waals surface area contributed by atoms with Gasteiger partial charge in [-0.3, -0.25) is 0 Å². The van der Waals surface area contributed by atoms with Crippen molar-refractivity contribution in [3.8, 4) is 77.9 Å². The highest BCUT2D eigenvalue weighted by molar-refractivity contribution is 5.76. The summed E-state index contributed by atoms with van der Waals surface area (Å²) < 4.78 is 95.0. The van der Waals surface area contributed by atoms with Crippen LogP contribution in [-0.4, -0.2) is 0 Å². The Hall–Kier alpha value is -11.4. The second-order valence-electron chi connectivity index (χ2n) is 32.5. The van der Waals surface area contributed by atoms with Crippen LogP contribution in [0.1, 0.15) is 156 Å². The van der Waals surface area contributed by atoms with Gasteiger partial charge in [0.15, 0.2) is 0 Å². The first kappa shape index (κ1) is 93.1. The fourth-order valence-electron chi connectivity index (χ4n) is 14.2. The molecule has 616 valence electrons. The van der Waals surface area contributed by atoms with Crippen LogP contribution in [0, 0.1) is 235 Å². The highest BCUT2D eigenvalue weighted by Crippen LogP contribution is 2.36. The smallest absolute Gasteiger partial charge is 0.126 e. The fraction of sp³-hybridized carbons (Fsp3) is 0.250. The van der Waals surface area contributed by atoms with Gasteiger partial charge < -0.3 is 0 Å². The molecule has 14 aromatic rings. The molecule has 0 aliphatic carbocycles. The van der Waals surface area contributed by atoms with Gasteiger partial charge in [0.1, 0.15) is 40.7 Å². The van der Waals surface area contributed by atoms with Crippen LogP contribution in [-0.2, 0) is 0 Å². The van der Waals surface area contributed by atoms with E-state index in [0.717, 1.165) is 77.9 Å². The second-order valence-corrected chi connectivity index (χ2v) is 32.5. The Bertz CT molecular complexity index is 5010. The zero-order valence-corrected chi connectivity index (χ0v) is 75.4. The number of rotatable bonds is 7. The molecule has 0 unspecified atom stereocenters. The van der Waals surface area contributed by atoms with Gasteiger partial charge in [-0.2, -0.15) is 0 Å². The normalized spacial score (nSPS) is 10.6. The molecule has 0 saturated carbocycles. The summed E-state index contributed by atoms with van der Waals surface area (Å²) in [6, 6.07) is 67.2. The van der Waals surface area contributed by atoms with Gasteiger partial charge in [-0.1, -0.05) is 170 Å². The topological polar surface area (TPSA) is 0 Å². The Morgan fingerprint density at radius 1 is 0.109 bits per heavy atom. The minimum Gasteiger partial charge on any atom is -0.207 e. The molecule has 0 aliphatic heterocycles. The molecule has 0 atom stereocenters. The Labute approximate surface area is 707 Å². The van der Waals surface area contributed by atoms with Crippen molar-refractivity contribution in [2.75, 3.05) is 0 Å². The van der Waals surface area contributed by atoms with E-state index in [1.165, 1.54) is 117 Å². The van der Waals surface area contributed by atoms with E-state index >= 15 is 0 Å². The van der Waals surface area contributed by atoms with E-state index in [1.54, 1.807) is 90.9 Å². The lowest BCUT2D eigenvalue weighted by molar-refractivity contribution is 0.618. The first-order valence-electron chi connectivity index (χ1n) is 40.9. The highest BCUT2D eigenvalue weighted by atomic mass is 19.2. The maximum absolute atomic E-state index is 13.6. The summed E-state index contributed by atoms with van der Waals surface area (Å²) in [6.07, 6.45) is 0. The molecule has 0 aromatic heterocycles. The summed E-state index contributed by atoms with van der Waals surface area (Å²) in [7, 11) is 0. The van der Waals surface area contributed by atoms with Crippen LogP contribution in [0.3, 0.4) is 0 Å². The van der Waals surface area contributed by atoms with Crippen molar-refractivity contribution in [2.24, 2.45) is 0 Å². The third-order valence-electron chi connectivity index (χ3n) is 24.8. The molecule has 0 saturated heterocycles. The monoisotopic (exact) mass is 1600 g/mol. The van der Waals surface area contributed by atoms with Gasteiger partial charge in [-0.05, 0) is 470 Å². The average molecular weight is 1600 g/mol. The van der Waals surface area contributed by atoms with Gasteiger partial charge in [-0.15, -0.1) is 0 Å². The van der Waals surface area contributed by atoms with Crippen LogP contribution >= 0.6 is 0 Å². The van der Waals surface area contributed by atoms with Crippen molar-refractivity contribution in [3.63, 3.8) is 0 Å².